The number of nitrogens with zero attached hydrogens (tertiary/aromatic N) is 1. The van der Waals surface area contributed by atoms with E-state index >= 15 is 0 Å². The summed E-state index contributed by atoms with van der Waals surface area (Å²) in [5.41, 5.74) is 1.21. The zero-order valence-electron chi connectivity index (χ0n) is 13.5. The van der Waals surface area contributed by atoms with Crippen LogP contribution in [0.15, 0.2) is 30.3 Å². The van der Waals surface area contributed by atoms with Crippen LogP contribution in [-0.2, 0) is 4.79 Å². The highest BCUT2D eigenvalue weighted by Gasteiger charge is 2.26. The predicted molar refractivity (Wildman–Crippen MR) is 87.0 cm³/mol. The average Bonchev–Trinajstić information content (AvgIpc) is 2.47. The fourth-order valence-electron chi connectivity index (χ4n) is 3.11. The second-order valence-electron chi connectivity index (χ2n) is 6.70. The van der Waals surface area contributed by atoms with Crippen LogP contribution in [0.2, 0.25) is 0 Å². The first-order valence-electron chi connectivity index (χ1n) is 8.10. The van der Waals surface area contributed by atoms with Crippen LogP contribution < -0.4 is 5.32 Å². The molecule has 21 heavy (non-hydrogen) atoms. The van der Waals surface area contributed by atoms with Gasteiger partial charge in [0, 0.05) is 6.54 Å². The maximum atomic E-state index is 12.6. The largest absolute Gasteiger partial charge is 0.349 e. The molecule has 3 nitrogen and oxygen atoms in total. The normalized spacial score (nSPS) is 21.2. The summed E-state index contributed by atoms with van der Waals surface area (Å²) < 4.78 is 0. The number of carbonyl (C=O) groups excluding carboxylic acids is 1. The molecule has 0 spiro atoms. The van der Waals surface area contributed by atoms with Crippen molar-refractivity contribution >= 4 is 5.91 Å². The second kappa shape index (κ2) is 7.60. The van der Waals surface area contributed by atoms with Crippen molar-refractivity contribution in [1.82, 2.24) is 10.2 Å². The molecular weight excluding hydrogens is 260 g/mol. The van der Waals surface area contributed by atoms with Crippen molar-refractivity contribution in [3.63, 3.8) is 0 Å². The minimum absolute atomic E-state index is 0.130. The van der Waals surface area contributed by atoms with Gasteiger partial charge in [-0.1, -0.05) is 44.2 Å². The lowest BCUT2D eigenvalue weighted by atomic mass is 9.94. The van der Waals surface area contributed by atoms with Crippen LogP contribution in [0.1, 0.15) is 44.7 Å². The van der Waals surface area contributed by atoms with Crippen LogP contribution in [-0.4, -0.2) is 30.9 Å². The van der Waals surface area contributed by atoms with Crippen molar-refractivity contribution in [2.24, 2.45) is 11.8 Å². The van der Waals surface area contributed by atoms with Crippen molar-refractivity contribution in [2.75, 3.05) is 20.1 Å². The number of piperidine rings is 1. The summed E-state index contributed by atoms with van der Waals surface area (Å²) in [7, 11) is 2.10. The van der Waals surface area contributed by atoms with E-state index in [-0.39, 0.29) is 17.9 Å². The number of carbonyl (C=O) groups is 1. The molecule has 1 fully saturated rings. The third-order valence-corrected chi connectivity index (χ3v) is 4.22. The van der Waals surface area contributed by atoms with Gasteiger partial charge >= 0.3 is 0 Å². The molecule has 1 aromatic rings. The fourth-order valence-corrected chi connectivity index (χ4v) is 3.11. The van der Waals surface area contributed by atoms with Gasteiger partial charge in [0.05, 0.1) is 12.0 Å². The van der Waals surface area contributed by atoms with Gasteiger partial charge in [0.25, 0.3) is 0 Å². The van der Waals surface area contributed by atoms with Crippen molar-refractivity contribution in [3.05, 3.63) is 35.9 Å². The zero-order valence-corrected chi connectivity index (χ0v) is 13.5. The number of nitrogens with one attached hydrogen (secondary N) is 1. The van der Waals surface area contributed by atoms with E-state index in [1.807, 2.05) is 18.2 Å². The SMILES string of the molecule is CC(C)CC(NC(=O)C1CCCN(C)C1)c1ccccc1. The smallest absolute Gasteiger partial charge is 0.224 e. The van der Waals surface area contributed by atoms with E-state index in [9.17, 15) is 4.79 Å². The van der Waals surface area contributed by atoms with Crippen LogP contribution in [0, 0.1) is 11.8 Å². The molecule has 2 atom stereocenters. The van der Waals surface area contributed by atoms with Gasteiger partial charge in [-0.25, -0.2) is 0 Å². The number of hydrogen-bond donors (Lipinski definition) is 1. The molecule has 0 bridgehead atoms. The molecule has 116 valence electrons. The summed E-state index contributed by atoms with van der Waals surface area (Å²) in [5.74, 6) is 0.919. The molecule has 1 aliphatic rings. The molecule has 1 N–H and O–H groups in total. The van der Waals surface area contributed by atoms with E-state index in [4.69, 9.17) is 0 Å². The van der Waals surface area contributed by atoms with Gasteiger partial charge in [0.1, 0.15) is 0 Å². The van der Waals surface area contributed by atoms with Crippen molar-refractivity contribution in [3.8, 4) is 0 Å². The molecule has 1 aromatic carbocycles. The van der Waals surface area contributed by atoms with Gasteiger partial charge in [0.2, 0.25) is 5.91 Å². The standard InChI is InChI=1S/C18H28N2O/c1-14(2)12-17(15-8-5-4-6-9-15)19-18(21)16-10-7-11-20(3)13-16/h4-6,8-9,14,16-17H,7,10-13H2,1-3H3,(H,19,21). The molecule has 0 saturated carbocycles. The Bertz CT molecular complexity index is 444. The topological polar surface area (TPSA) is 32.3 Å². The summed E-state index contributed by atoms with van der Waals surface area (Å²) in [6.07, 6.45) is 3.12. The first-order valence-corrected chi connectivity index (χ1v) is 8.10. The van der Waals surface area contributed by atoms with Crippen molar-refractivity contribution in [1.29, 1.82) is 0 Å². The quantitative estimate of drug-likeness (QED) is 0.902. The van der Waals surface area contributed by atoms with Crippen LogP contribution in [0.5, 0.6) is 0 Å². The van der Waals surface area contributed by atoms with Crippen molar-refractivity contribution in [2.45, 2.75) is 39.2 Å². The lowest BCUT2D eigenvalue weighted by molar-refractivity contribution is -0.127. The van der Waals surface area contributed by atoms with Gasteiger partial charge in [-0.2, -0.15) is 0 Å². The Morgan fingerprint density at radius 1 is 1.33 bits per heavy atom. The van der Waals surface area contributed by atoms with Gasteiger partial charge in [-0.05, 0) is 44.3 Å². The Morgan fingerprint density at radius 2 is 2.05 bits per heavy atom. The third kappa shape index (κ3) is 4.85. The monoisotopic (exact) mass is 288 g/mol. The first-order chi connectivity index (χ1) is 10.1. The van der Waals surface area contributed by atoms with Gasteiger partial charge in [-0.3, -0.25) is 4.79 Å². The van der Waals surface area contributed by atoms with Gasteiger partial charge in [0.15, 0.2) is 0 Å². The number of likely N-dealkylation sites (tertiary alicyclic amines) is 1. The minimum atomic E-state index is 0.130. The van der Waals surface area contributed by atoms with E-state index in [0.717, 1.165) is 32.4 Å². The van der Waals surface area contributed by atoms with Crippen LogP contribution in [0.3, 0.4) is 0 Å². The molecule has 1 saturated heterocycles. The summed E-state index contributed by atoms with van der Waals surface area (Å²) in [4.78, 5) is 14.8. The Balaban J connectivity index is 2.02. The maximum absolute atomic E-state index is 12.6. The second-order valence-corrected chi connectivity index (χ2v) is 6.70. The molecule has 1 heterocycles. The zero-order chi connectivity index (χ0) is 15.2. The average molecular weight is 288 g/mol. The van der Waals surface area contributed by atoms with E-state index in [0.29, 0.717) is 5.92 Å². The van der Waals surface area contributed by atoms with E-state index in [1.165, 1.54) is 5.56 Å². The molecule has 2 rings (SSSR count). The molecule has 1 aliphatic heterocycles. The molecule has 0 radical (unpaired) electrons. The molecule has 2 unspecified atom stereocenters. The summed E-state index contributed by atoms with van der Waals surface area (Å²) in [6.45, 7) is 6.40. The fraction of sp³-hybridized carbons (Fsp3) is 0.611. The molecule has 1 amide bonds. The number of amides is 1. The lowest BCUT2D eigenvalue weighted by Crippen LogP contribution is -2.42. The lowest BCUT2D eigenvalue weighted by Gasteiger charge is -2.30. The highest BCUT2D eigenvalue weighted by atomic mass is 16.2. The Morgan fingerprint density at radius 3 is 2.67 bits per heavy atom. The predicted octanol–water partition coefficient (Wildman–Crippen LogP) is 3.23. The van der Waals surface area contributed by atoms with E-state index < -0.39 is 0 Å². The van der Waals surface area contributed by atoms with Crippen LogP contribution in [0.25, 0.3) is 0 Å². The minimum Gasteiger partial charge on any atom is -0.349 e. The van der Waals surface area contributed by atoms with Crippen LogP contribution in [0.4, 0.5) is 0 Å². The first kappa shape index (κ1) is 16.0. The van der Waals surface area contributed by atoms with Crippen molar-refractivity contribution < 1.29 is 4.79 Å². The number of benzene rings is 1. The highest BCUT2D eigenvalue weighted by Crippen LogP contribution is 2.23. The number of hydrogen-bond acceptors (Lipinski definition) is 2. The molecule has 0 aromatic heterocycles. The van der Waals surface area contributed by atoms with E-state index in [2.05, 4.69) is 43.2 Å². The van der Waals surface area contributed by atoms with Gasteiger partial charge in [-0.15, -0.1) is 0 Å². The maximum Gasteiger partial charge on any atom is 0.224 e. The summed E-state index contributed by atoms with van der Waals surface area (Å²) >= 11 is 0. The highest BCUT2D eigenvalue weighted by molar-refractivity contribution is 5.79. The number of rotatable bonds is 5. The molecule has 3 heteroatoms. The molecular formula is C18H28N2O. The van der Waals surface area contributed by atoms with Crippen LogP contribution >= 0.6 is 0 Å². The van der Waals surface area contributed by atoms with E-state index in [1.54, 1.807) is 0 Å². The molecule has 0 aliphatic carbocycles. The third-order valence-electron chi connectivity index (χ3n) is 4.22. The Kier molecular flexibility index (Phi) is 5.80. The van der Waals surface area contributed by atoms with Gasteiger partial charge < -0.3 is 10.2 Å². The summed E-state index contributed by atoms with van der Waals surface area (Å²) in [5, 5.41) is 3.29. The summed E-state index contributed by atoms with van der Waals surface area (Å²) in [6, 6.07) is 10.5. The Labute approximate surface area is 128 Å². The Hall–Kier alpha value is -1.35.